The first-order chi connectivity index (χ1) is 13.0. The van der Waals surface area contributed by atoms with Crippen LogP contribution in [-0.2, 0) is 24.7 Å². The molecule has 0 radical (unpaired) electrons. The van der Waals surface area contributed by atoms with E-state index in [4.69, 9.17) is 4.74 Å². The summed E-state index contributed by atoms with van der Waals surface area (Å²) in [5, 5.41) is 8.04. The molecule has 1 aliphatic heterocycles. The first kappa shape index (κ1) is 18.0. The van der Waals surface area contributed by atoms with Crippen molar-refractivity contribution in [3.63, 3.8) is 0 Å². The van der Waals surface area contributed by atoms with Gasteiger partial charge in [-0.15, -0.1) is 0 Å². The average Bonchev–Trinajstić information content (AvgIpc) is 3.22. The summed E-state index contributed by atoms with van der Waals surface area (Å²) in [7, 11) is 5.54. The standard InChI is InChI=1S/C21H28N4O2/c1-24-13-17(12-23-24)21-16(10-20(26)25(21)2)11-22-18-6-4-14-5-7-19(27-3)9-15(14)8-18/h5,7,9,12-13,16,18,21-22H,4,6,8,10-11H2,1-3H3/t16-,18-,21+/m0/s1. The quantitative estimate of drug-likeness (QED) is 0.878. The van der Waals surface area contributed by atoms with E-state index >= 15 is 0 Å². The Morgan fingerprint density at radius 3 is 2.85 bits per heavy atom. The molecule has 2 aliphatic rings. The molecule has 6 nitrogen and oxygen atoms in total. The third-order valence-corrected chi connectivity index (χ3v) is 6.07. The van der Waals surface area contributed by atoms with Gasteiger partial charge in [0.15, 0.2) is 0 Å². The zero-order chi connectivity index (χ0) is 19.0. The van der Waals surface area contributed by atoms with Crippen LogP contribution in [0.3, 0.4) is 0 Å². The molecular weight excluding hydrogens is 340 g/mol. The Kier molecular flexibility index (Phi) is 4.91. The molecule has 0 bridgehead atoms. The Bertz CT molecular complexity index is 831. The molecule has 1 saturated heterocycles. The number of likely N-dealkylation sites (tertiary alicyclic amines) is 1. The number of aromatic nitrogens is 2. The van der Waals surface area contributed by atoms with Gasteiger partial charge in [0.2, 0.25) is 5.91 Å². The maximum atomic E-state index is 12.3. The molecule has 1 amide bonds. The SMILES string of the molecule is COc1ccc2c(c1)C[C@@H](NC[C@@H]1CC(=O)N(C)[C@H]1c1cnn(C)c1)CC2. The van der Waals surface area contributed by atoms with Gasteiger partial charge in [0.1, 0.15) is 5.75 Å². The first-order valence-corrected chi connectivity index (χ1v) is 9.68. The predicted molar refractivity (Wildman–Crippen MR) is 104 cm³/mol. The Morgan fingerprint density at radius 1 is 1.26 bits per heavy atom. The number of nitrogens with zero attached hydrogens (tertiary/aromatic N) is 3. The van der Waals surface area contributed by atoms with E-state index in [1.165, 1.54) is 11.1 Å². The molecule has 2 heterocycles. The second-order valence-corrected chi connectivity index (χ2v) is 7.84. The Labute approximate surface area is 160 Å². The zero-order valence-electron chi connectivity index (χ0n) is 16.3. The van der Waals surface area contributed by atoms with Crippen LogP contribution in [0.2, 0.25) is 0 Å². The van der Waals surface area contributed by atoms with Gasteiger partial charge >= 0.3 is 0 Å². The molecule has 6 heteroatoms. The van der Waals surface area contributed by atoms with Crippen LogP contribution < -0.4 is 10.1 Å². The summed E-state index contributed by atoms with van der Waals surface area (Å²) in [6.45, 7) is 0.847. The van der Waals surface area contributed by atoms with Crippen molar-refractivity contribution in [1.82, 2.24) is 20.0 Å². The smallest absolute Gasteiger partial charge is 0.223 e. The van der Waals surface area contributed by atoms with Crippen LogP contribution >= 0.6 is 0 Å². The van der Waals surface area contributed by atoms with Crippen molar-refractivity contribution in [1.29, 1.82) is 0 Å². The highest BCUT2D eigenvalue weighted by atomic mass is 16.5. The summed E-state index contributed by atoms with van der Waals surface area (Å²) in [6, 6.07) is 6.95. The largest absolute Gasteiger partial charge is 0.497 e. The number of methoxy groups -OCH3 is 1. The van der Waals surface area contributed by atoms with Gasteiger partial charge in [-0.3, -0.25) is 9.48 Å². The number of fused-ring (bicyclic) bond motifs is 1. The van der Waals surface area contributed by atoms with E-state index in [0.29, 0.717) is 12.5 Å². The van der Waals surface area contributed by atoms with E-state index in [9.17, 15) is 4.79 Å². The Balaban J connectivity index is 1.42. The lowest BCUT2D eigenvalue weighted by Crippen LogP contribution is -2.38. The van der Waals surface area contributed by atoms with Gasteiger partial charge in [-0.25, -0.2) is 0 Å². The number of benzene rings is 1. The maximum absolute atomic E-state index is 12.3. The Morgan fingerprint density at radius 2 is 2.11 bits per heavy atom. The minimum atomic E-state index is 0.106. The maximum Gasteiger partial charge on any atom is 0.223 e. The lowest BCUT2D eigenvalue weighted by Gasteiger charge is -2.29. The fourth-order valence-corrected chi connectivity index (χ4v) is 4.58. The predicted octanol–water partition coefficient (Wildman–Crippen LogP) is 2.10. The molecule has 3 atom stereocenters. The van der Waals surface area contributed by atoms with Crippen molar-refractivity contribution in [2.75, 3.05) is 20.7 Å². The molecule has 1 fully saturated rings. The van der Waals surface area contributed by atoms with E-state index < -0.39 is 0 Å². The third-order valence-electron chi connectivity index (χ3n) is 6.07. The normalized spacial score (nSPS) is 24.9. The number of hydrogen-bond donors (Lipinski definition) is 1. The number of rotatable bonds is 5. The van der Waals surface area contributed by atoms with Crippen molar-refractivity contribution in [2.45, 2.75) is 37.8 Å². The van der Waals surface area contributed by atoms with Gasteiger partial charge in [-0.2, -0.15) is 5.10 Å². The molecule has 144 valence electrons. The number of amides is 1. The average molecular weight is 368 g/mol. The van der Waals surface area contributed by atoms with E-state index in [1.54, 1.807) is 7.11 Å². The van der Waals surface area contributed by atoms with Gasteiger partial charge in [-0.05, 0) is 42.5 Å². The molecular formula is C21H28N4O2. The highest BCUT2D eigenvalue weighted by Crippen LogP contribution is 2.36. The number of carbonyl (C=O) groups is 1. The molecule has 27 heavy (non-hydrogen) atoms. The minimum Gasteiger partial charge on any atom is -0.497 e. The number of aryl methyl sites for hydroxylation is 2. The highest BCUT2D eigenvalue weighted by Gasteiger charge is 2.39. The summed E-state index contributed by atoms with van der Waals surface area (Å²) in [5.74, 6) is 1.42. The van der Waals surface area contributed by atoms with Gasteiger partial charge < -0.3 is 15.0 Å². The molecule has 1 N–H and O–H groups in total. The number of nitrogens with one attached hydrogen (secondary N) is 1. The van der Waals surface area contributed by atoms with Crippen LogP contribution in [0.4, 0.5) is 0 Å². The van der Waals surface area contributed by atoms with Crippen molar-refractivity contribution in [3.8, 4) is 5.75 Å². The molecule has 0 spiro atoms. The Hall–Kier alpha value is -2.34. The first-order valence-electron chi connectivity index (χ1n) is 9.68. The summed E-state index contributed by atoms with van der Waals surface area (Å²) in [5.41, 5.74) is 3.93. The van der Waals surface area contributed by atoms with Gasteiger partial charge in [0, 0.05) is 50.8 Å². The second-order valence-electron chi connectivity index (χ2n) is 7.84. The highest BCUT2D eigenvalue weighted by molar-refractivity contribution is 5.79. The molecule has 4 rings (SSSR count). The van der Waals surface area contributed by atoms with Gasteiger partial charge in [0.25, 0.3) is 0 Å². The molecule has 1 aliphatic carbocycles. The van der Waals surface area contributed by atoms with Crippen LogP contribution in [0.1, 0.15) is 35.6 Å². The van der Waals surface area contributed by atoms with E-state index in [1.807, 2.05) is 42.1 Å². The number of hydrogen-bond acceptors (Lipinski definition) is 4. The summed E-state index contributed by atoms with van der Waals surface area (Å²) in [6.07, 6.45) is 7.74. The van der Waals surface area contributed by atoms with Crippen LogP contribution in [0.15, 0.2) is 30.6 Å². The second kappa shape index (κ2) is 7.35. The van der Waals surface area contributed by atoms with Crippen LogP contribution in [-0.4, -0.2) is 47.3 Å². The minimum absolute atomic E-state index is 0.106. The molecule has 2 aromatic rings. The van der Waals surface area contributed by atoms with Crippen LogP contribution in [0.25, 0.3) is 0 Å². The van der Waals surface area contributed by atoms with Gasteiger partial charge in [-0.1, -0.05) is 6.07 Å². The summed E-state index contributed by atoms with van der Waals surface area (Å²) < 4.78 is 7.18. The van der Waals surface area contributed by atoms with Crippen LogP contribution in [0.5, 0.6) is 5.75 Å². The van der Waals surface area contributed by atoms with Gasteiger partial charge in [0.05, 0.1) is 19.3 Å². The topological polar surface area (TPSA) is 59.4 Å². The van der Waals surface area contributed by atoms with Crippen molar-refractivity contribution in [2.24, 2.45) is 13.0 Å². The molecule has 0 saturated carbocycles. The van der Waals surface area contributed by atoms with E-state index in [-0.39, 0.29) is 17.9 Å². The lowest BCUT2D eigenvalue weighted by atomic mass is 9.87. The zero-order valence-corrected chi connectivity index (χ0v) is 16.3. The molecule has 1 aromatic heterocycles. The van der Waals surface area contributed by atoms with E-state index in [2.05, 4.69) is 22.5 Å². The fourth-order valence-electron chi connectivity index (χ4n) is 4.58. The molecule has 0 unspecified atom stereocenters. The van der Waals surface area contributed by atoms with E-state index in [0.717, 1.165) is 37.1 Å². The third kappa shape index (κ3) is 3.58. The summed E-state index contributed by atoms with van der Waals surface area (Å²) in [4.78, 5) is 14.2. The summed E-state index contributed by atoms with van der Waals surface area (Å²) >= 11 is 0. The lowest BCUT2D eigenvalue weighted by molar-refractivity contribution is -0.127. The number of ether oxygens (including phenoxy) is 1. The molecule has 1 aromatic carbocycles. The monoisotopic (exact) mass is 368 g/mol. The van der Waals surface area contributed by atoms with Crippen molar-refractivity contribution >= 4 is 5.91 Å². The van der Waals surface area contributed by atoms with Crippen molar-refractivity contribution in [3.05, 3.63) is 47.3 Å². The van der Waals surface area contributed by atoms with Crippen LogP contribution in [0, 0.1) is 5.92 Å². The number of carbonyl (C=O) groups excluding carboxylic acids is 1. The van der Waals surface area contributed by atoms with Crippen molar-refractivity contribution < 1.29 is 9.53 Å². The fraction of sp³-hybridized carbons (Fsp3) is 0.524.